The highest BCUT2D eigenvalue weighted by Crippen LogP contribution is 2.43. The number of nitrogens with one attached hydrogen (secondary N) is 1. The molecule has 158 valence electrons. The highest BCUT2D eigenvalue weighted by molar-refractivity contribution is 6.21. The SMILES string of the molecule is CCNCCOc1ccc(C(c2ccc(O)c(O)c2)C(Cl)c2ccc(O)cc2)cc1. The van der Waals surface area contributed by atoms with Crippen LogP contribution in [0.15, 0.2) is 66.7 Å². The molecule has 0 radical (unpaired) electrons. The van der Waals surface area contributed by atoms with Crippen LogP contribution in [-0.2, 0) is 0 Å². The summed E-state index contributed by atoms with van der Waals surface area (Å²) >= 11 is 6.88. The zero-order valence-electron chi connectivity index (χ0n) is 16.8. The lowest BCUT2D eigenvalue weighted by atomic mass is 9.85. The summed E-state index contributed by atoms with van der Waals surface area (Å²) in [5, 5.41) is 32.1. The van der Waals surface area contributed by atoms with E-state index in [9.17, 15) is 15.3 Å². The molecule has 0 saturated heterocycles. The minimum atomic E-state index is -0.463. The van der Waals surface area contributed by atoms with Gasteiger partial charge < -0.3 is 25.4 Å². The van der Waals surface area contributed by atoms with Crippen LogP contribution in [0.3, 0.4) is 0 Å². The third-order valence-corrected chi connectivity index (χ3v) is 5.40. The summed E-state index contributed by atoms with van der Waals surface area (Å²) in [6.45, 7) is 4.30. The molecule has 0 aliphatic heterocycles. The number of benzene rings is 3. The number of aromatic hydroxyl groups is 3. The average molecular weight is 428 g/mol. The molecule has 2 atom stereocenters. The van der Waals surface area contributed by atoms with Crippen molar-refractivity contribution in [2.75, 3.05) is 19.7 Å². The second-order valence-electron chi connectivity index (χ2n) is 6.99. The van der Waals surface area contributed by atoms with Crippen LogP contribution in [0, 0.1) is 0 Å². The summed E-state index contributed by atoms with van der Waals surface area (Å²) < 4.78 is 5.75. The molecule has 0 fully saturated rings. The first-order valence-corrected chi connectivity index (χ1v) is 10.3. The third kappa shape index (κ3) is 5.38. The number of halogens is 1. The summed E-state index contributed by atoms with van der Waals surface area (Å²) in [6, 6.07) is 19.2. The minimum Gasteiger partial charge on any atom is -0.508 e. The van der Waals surface area contributed by atoms with E-state index < -0.39 is 5.38 Å². The normalized spacial score (nSPS) is 13.0. The zero-order chi connectivity index (χ0) is 21.5. The quantitative estimate of drug-likeness (QED) is 0.222. The van der Waals surface area contributed by atoms with Gasteiger partial charge in [-0.2, -0.15) is 0 Å². The van der Waals surface area contributed by atoms with Crippen LogP contribution in [0.4, 0.5) is 0 Å². The van der Waals surface area contributed by atoms with Crippen molar-refractivity contribution in [2.45, 2.75) is 18.2 Å². The molecular formula is C24H26ClNO4. The van der Waals surface area contributed by atoms with Crippen LogP contribution in [-0.4, -0.2) is 35.0 Å². The lowest BCUT2D eigenvalue weighted by Crippen LogP contribution is -2.20. The smallest absolute Gasteiger partial charge is 0.157 e. The predicted molar refractivity (Wildman–Crippen MR) is 119 cm³/mol. The number of likely N-dealkylation sites (N-methyl/N-ethyl adjacent to an activating group) is 1. The molecular weight excluding hydrogens is 402 g/mol. The number of hydrogen-bond donors (Lipinski definition) is 4. The Morgan fingerprint density at radius 3 is 2.10 bits per heavy atom. The van der Waals surface area contributed by atoms with Crippen LogP contribution >= 0.6 is 11.6 Å². The second kappa shape index (κ2) is 10.2. The highest BCUT2D eigenvalue weighted by atomic mass is 35.5. The Bertz CT molecular complexity index is 944. The molecule has 0 saturated carbocycles. The van der Waals surface area contributed by atoms with Crippen molar-refractivity contribution in [3.63, 3.8) is 0 Å². The van der Waals surface area contributed by atoms with Gasteiger partial charge in [0.15, 0.2) is 11.5 Å². The number of phenolic OH excluding ortho intramolecular Hbond substituents is 3. The van der Waals surface area contributed by atoms with Gasteiger partial charge in [0.25, 0.3) is 0 Å². The summed E-state index contributed by atoms with van der Waals surface area (Å²) in [5.74, 6) is 0.256. The van der Waals surface area contributed by atoms with Crippen molar-refractivity contribution in [1.82, 2.24) is 5.32 Å². The molecule has 0 bridgehead atoms. The summed E-state index contributed by atoms with van der Waals surface area (Å²) in [4.78, 5) is 0. The monoisotopic (exact) mass is 427 g/mol. The second-order valence-corrected chi connectivity index (χ2v) is 7.46. The third-order valence-electron chi connectivity index (χ3n) is 4.90. The summed E-state index contributed by atoms with van der Waals surface area (Å²) in [6.07, 6.45) is 0. The zero-order valence-corrected chi connectivity index (χ0v) is 17.5. The van der Waals surface area contributed by atoms with E-state index in [-0.39, 0.29) is 23.2 Å². The fourth-order valence-electron chi connectivity index (χ4n) is 3.30. The van der Waals surface area contributed by atoms with Crippen LogP contribution in [0.5, 0.6) is 23.0 Å². The Morgan fingerprint density at radius 1 is 0.833 bits per heavy atom. The van der Waals surface area contributed by atoms with Crippen LogP contribution in [0.2, 0.25) is 0 Å². The molecule has 5 nitrogen and oxygen atoms in total. The van der Waals surface area contributed by atoms with E-state index in [1.807, 2.05) is 31.2 Å². The lowest BCUT2D eigenvalue weighted by molar-refractivity contribution is 0.315. The van der Waals surface area contributed by atoms with E-state index in [1.165, 1.54) is 12.1 Å². The molecule has 30 heavy (non-hydrogen) atoms. The number of hydrogen-bond acceptors (Lipinski definition) is 5. The minimum absolute atomic E-state index is 0.167. The first-order valence-electron chi connectivity index (χ1n) is 9.88. The molecule has 2 unspecified atom stereocenters. The molecule has 3 aromatic rings. The van der Waals surface area contributed by atoms with E-state index in [1.54, 1.807) is 30.3 Å². The average Bonchev–Trinajstić information content (AvgIpc) is 2.75. The van der Waals surface area contributed by atoms with Gasteiger partial charge in [-0.25, -0.2) is 0 Å². The first kappa shape index (κ1) is 21.8. The van der Waals surface area contributed by atoms with Gasteiger partial charge >= 0.3 is 0 Å². The molecule has 0 aliphatic rings. The summed E-state index contributed by atoms with van der Waals surface area (Å²) in [5.41, 5.74) is 2.53. The number of rotatable bonds is 9. The molecule has 3 rings (SSSR count). The Labute approximate surface area is 181 Å². The summed E-state index contributed by atoms with van der Waals surface area (Å²) in [7, 11) is 0. The standard InChI is InChI=1S/C24H26ClNO4/c1-2-26-13-14-30-20-10-5-16(6-11-20)23(18-7-12-21(28)22(29)15-18)24(25)17-3-8-19(27)9-4-17/h3-12,15,23-24,26-29H,2,13-14H2,1H3. The maximum absolute atomic E-state index is 10.0. The molecule has 0 amide bonds. The molecule has 0 aliphatic carbocycles. The Morgan fingerprint density at radius 2 is 1.47 bits per heavy atom. The highest BCUT2D eigenvalue weighted by Gasteiger charge is 2.26. The fourth-order valence-corrected chi connectivity index (χ4v) is 3.74. The van der Waals surface area contributed by atoms with Crippen molar-refractivity contribution < 1.29 is 20.1 Å². The van der Waals surface area contributed by atoms with E-state index in [2.05, 4.69) is 5.32 Å². The van der Waals surface area contributed by atoms with E-state index in [0.29, 0.717) is 6.61 Å². The molecule has 4 N–H and O–H groups in total. The van der Waals surface area contributed by atoms with Gasteiger partial charge in [0.2, 0.25) is 0 Å². The van der Waals surface area contributed by atoms with Gasteiger partial charge in [0.05, 0.1) is 5.38 Å². The van der Waals surface area contributed by atoms with Gasteiger partial charge in [0.1, 0.15) is 18.1 Å². The number of phenols is 3. The van der Waals surface area contributed by atoms with Crippen molar-refractivity contribution in [3.05, 3.63) is 83.4 Å². The Balaban J connectivity index is 1.90. The maximum atomic E-state index is 10.0. The van der Waals surface area contributed by atoms with E-state index in [4.69, 9.17) is 16.3 Å². The van der Waals surface area contributed by atoms with Crippen LogP contribution in [0.25, 0.3) is 0 Å². The Hall–Kier alpha value is -2.89. The number of alkyl halides is 1. The van der Waals surface area contributed by atoms with Gasteiger partial charge in [0, 0.05) is 12.5 Å². The van der Waals surface area contributed by atoms with E-state index in [0.717, 1.165) is 35.5 Å². The van der Waals surface area contributed by atoms with Crippen molar-refractivity contribution >= 4 is 11.6 Å². The Kier molecular flexibility index (Phi) is 7.44. The van der Waals surface area contributed by atoms with Crippen molar-refractivity contribution in [1.29, 1.82) is 0 Å². The van der Waals surface area contributed by atoms with Crippen LogP contribution < -0.4 is 10.1 Å². The van der Waals surface area contributed by atoms with Gasteiger partial charge in [-0.1, -0.05) is 37.3 Å². The first-order chi connectivity index (χ1) is 14.5. The molecule has 0 aromatic heterocycles. The van der Waals surface area contributed by atoms with E-state index >= 15 is 0 Å². The largest absolute Gasteiger partial charge is 0.508 e. The van der Waals surface area contributed by atoms with Gasteiger partial charge in [-0.05, 0) is 59.6 Å². The van der Waals surface area contributed by atoms with Crippen molar-refractivity contribution in [3.8, 4) is 23.0 Å². The molecule has 6 heteroatoms. The van der Waals surface area contributed by atoms with Crippen LogP contribution in [0.1, 0.15) is 34.9 Å². The fraction of sp³-hybridized carbons (Fsp3) is 0.250. The lowest BCUT2D eigenvalue weighted by Gasteiger charge is -2.24. The van der Waals surface area contributed by atoms with Gasteiger partial charge in [-0.3, -0.25) is 0 Å². The number of ether oxygens (including phenoxy) is 1. The van der Waals surface area contributed by atoms with Crippen molar-refractivity contribution in [2.24, 2.45) is 0 Å². The molecule has 0 heterocycles. The topological polar surface area (TPSA) is 82.0 Å². The molecule has 3 aromatic carbocycles. The van der Waals surface area contributed by atoms with Gasteiger partial charge in [-0.15, -0.1) is 11.6 Å². The molecule has 0 spiro atoms. The predicted octanol–water partition coefficient (Wildman–Crippen LogP) is 4.90. The maximum Gasteiger partial charge on any atom is 0.157 e.